The van der Waals surface area contributed by atoms with Crippen LogP contribution < -0.4 is 5.56 Å². The molecule has 1 aliphatic heterocycles. The van der Waals surface area contributed by atoms with E-state index in [1.165, 1.54) is 12.1 Å². The maximum atomic E-state index is 13.5. The van der Waals surface area contributed by atoms with Crippen LogP contribution in [0.15, 0.2) is 76.8 Å². The molecule has 0 spiro atoms. The molecule has 1 unspecified atom stereocenters. The zero-order valence-electron chi connectivity index (χ0n) is 18.9. The summed E-state index contributed by atoms with van der Waals surface area (Å²) in [6.45, 7) is 2.13. The quantitative estimate of drug-likeness (QED) is 0.344. The molecule has 3 heterocycles. The average Bonchev–Trinajstić information content (AvgIpc) is 3.36. The van der Waals surface area contributed by atoms with Crippen LogP contribution in [0, 0.1) is 5.82 Å². The minimum atomic E-state index is -0.341. The summed E-state index contributed by atoms with van der Waals surface area (Å²) in [4.78, 5) is 28.4. The second kappa shape index (κ2) is 9.55. The maximum absolute atomic E-state index is 13.5. The van der Waals surface area contributed by atoms with Crippen LogP contribution in [0.5, 0.6) is 0 Å². The molecular weight excluding hydrogens is 431 g/mol. The Morgan fingerprint density at radius 3 is 2.71 bits per heavy atom. The molecule has 0 saturated carbocycles. The summed E-state index contributed by atoms with van der Waals surface area (Å²) >= 11 is 0. The van der Waals surface area contributed by atoms with Gasteiger partial charge in [-0.1, -0.05) is 37.1 Å². The van der Waals surface area contributed by atoms with E-state index in [2.05, 4.69) is 17.1 Å². The van der Waals surface area contributed by atoms with E-state index in [0.717, 1.165) is 36.2 Å². The third-order valence-corrected chi connectivity index (χ3v) is 6.05. The predicted molar refractivity (Wildman–Crippen MR) is 130 cm³/mol. The van der Waals surface area contributed by atoms with Crippen LogP contribution in [-0.4, -0.2) is 20.2 Å². The maximum Gasteiger partial charge on any atom is 0.265 e. The number of fused-ring (bicyclic) bond motifs is 1. The molecule has 0 N–H and O–H groups in total. The van der Waals surface area contributed by atoms with Gasteiger partial charge in [-0.3, -0.25) is 14.3 Å². The summed E-state index contributed by atoms with van der Waals surface area (Å²) < 4.78 is 15.1. The normalized spacial score (nSPS) is 15.4. The zero-order valence-corrected chi connectivity index (χ0v) is 18.9. The van der Waals surface area contributed by atoms with Crippen molar-refractivity contribution in [3.8, 4) is 5.69 Å². The summed E-state index contributed by atoms with van der Waals surface area (Å²) in [5, 5.41) is 4.79. The van der Waals surface area contributed by atoms with Crippen LogP contribution in [0.25, 0.3) is 16.6 Å². The van der Waals surface area contributed by atoms with Crippen LogP contribution in [0.2, 0.25) is 0 Å². The molecule has 0 saturated heterocycles. The third-order valence-electron chi connectivity index (χ3n) is 6.05. The van der Waals surface area contributed by atoms with Gasteiger partial charge in [0.05, 0.1) is 28.0 Å². The molecule has 1 aliphatic rings. The molecule has 0 bridgehead atoms. The number of unbranched alkanes of at least 4 members (excludes halogenated alkanes) is 2. The largest absolute Gasteiger partial charge is 0.385 e. The standard InChI is InChI=1S/C27H25FN4O2/c1-2-3-4-8-26-30-24-16-18(23-17-25(34-31-23)22-7-5-6-15-29-22)9-14-21(24)27(33)32(26)20-12-10-19(28)11-13-20/h5-7,9-16,25H,2-4,8,17H2,1H3. The number of rotatable bonds is 7. The molecule has 0 amide bonds. The van der Waals surface area contributed by atoms with Crippen LogP contribution in [-0.2, 0) is 11.3 Å². The molecule has 2 aromatic carbocycles. The van der Waals surface area contributed by atoms with Crippen molar-refractivity contribution in [1.29, 1.82) is 0 Å². The van der Waals surface area contributed by atoms with Crippen molar-refractivity contribution in [2.24, 2.45) is 5.16 Å². The SMILES string of the molecule is CCCCCc1nc2cc(C3=NOC(c4ccccn4)C3)ccc2c(=O)n1-c1ccc(F)cc1. The minimum Gasteiger partial charge on any atom is -0.385 e. The highest BCUT2D eigenvalue weighted by Crippen LogP contribution is 2.29. The summed E-state index contributed by atoms with van der Waals surface area (Å²) in [6, 6.07) is 17.2. The molecule has 0 radical (unpaired) electrons. The molecule has 34 heavy (non-hydrogen) atoms. The fraction of sp³-hybridized carbons (Fsp3) is 0.259. The van der Waals surface area contributed by atoms with Crippen molar-refractivity contribution in [1.82, 2.24) is 14.5 Å². The van der Waals surface area contributed by atoms with E-state index < -0.39 is 0 Å². The summed E-state index contributed by atoms with van der Waals surface area (Å²) in [5.74, 6) is 0.331. The minimum absolute atomic E-state index is 0.161. The first-order valence-electron chi connectivity index (χ1n) is 11.6. The summed E-state index contributed by atoms with van der Waals surface area (Å²) in [5.41, 5.74) is 3.58. The Balaban J connectivity index is 1.53. The van der Waals surface area contributed by atoms with Crippen LogP contribution >= 0.6 is 0 Å². The molecule has 4 aromatic rings. The molecule has 5 rings (SSSR count). The second-order valence-corrected chi connectivity index (χ2v) is 8.42. The van der Waals surface area contributed by atoms with Gasteiger partial charge in [-0.25, -0.2) is 9.37 Å². The second-order valence-electron chi connectivity index (χ2n) is 8.42. The summed E-state index contributed by atoms with van der Waals surface area (Å²) in [6.07, 6.45) is 5.79. The number of aryl methyl sites for hydroxylation is 1. The lowest BCUT2D eigenvalue weighted by atomic mass is 10.0. The number of hydrogen-bond acceptors (Lipinski definition) is 5. The Hall–Kier alpha value is -3.87. The van der Waals surface area contributed by atoms with Gasteiger partial charge in [0.15, 0.2) is 6.10 Å². The first-order chi connectivity index (χ1) is 16.6. The highest BCUT2D eigenvalue weighted by atomic mass is 19.1. The molecule has 0 aliphatic carbocycles. The van der Waals surface area contributed by atoms with E-state index in [4.69, 9.17) is 9.82 Å². The van der Waals surface area contributed by atoms with Crippen LogP contribution in [0.3, 0.4) is 0 Å². The van der Waals surface area contributed by atoms with Crippen molar-refractivity contribution >= 4 is 16.6 Å². The smallest absolute Gasteiger partial charge is 0.265 e. The van der Waals surface area contributed by atoms with Crippen molar-refractivity contribution in [2.45, 2.75) is 45.1 Å². The topological polar surface area (TPSA) is 69.4 Å². The number of benzene rings is 2. The number of aromatic nitrogens is 3. The lowest BCUT2D eigenvalue weighted by Crippen LogP contribution is -2.24. The highest BCUT2D eigenvalue weighted by molar-refractivity contribution is 6.03. The molecule has 2 aromatic heterocycles. The predicted octanol–water partition coefficient (Wildman–Crippen LogP) is 5.52. The van der Waals surface area contributed by atoms with Gasteiger partial charge in [-0.2, -0.15) is 0 Å². The van der Waals surface area contributed by atoms with Crippen LogP contribution in [0.4, 0.5) is 4.39 Å². The Morgan fingerprint density at radius 2 is 1.94 bits per heavy atom. The fourth-order valence-corrected chi connectivity index (χ4v) is 4.24. The Kier molecular flexibility index (Phi) is 6.16. The van der Waals surface area contributed by atoms with E-state index in [0.29, 0.717) is 35.3 Å². The monoisotopic (exact) mass is 456 g/mol. The molecule has 6 nitrogen and oxygen atoms in total. The number of hydrogen-bond donors (Lipinski definition) is 0. The Morgan fingerprint density at radius 1 is 1.09 bits per heavy atom. The average molecular weight is 457 g/mol. The Labute approximate surface area is 196 Å². The molecule has 172 valence electrons. The van der Waals surface area contributed by atoms with Gasteiger partial charge in [0.1, 0.15) is 11.6 Å². The number of oxime groups is 1. The number of nitrogens with zero attached hydrogens (tertiary/aromatic N) is 4. The third kappa shape index (κ3) is 4.33. The highest BCUT2D eigenvalue weighted by Gasteiger charge is 2.25. The molecule has 1 atom stereocenters. The first-order valence-corrected chi connectivity index (χ1v) is 11.6. The number of pyridine rings is 1. The van der Waals surface area contributed by atoms with Gasteiger partial charge in [0, 0.05) is 24.6 Å². The number of halogens is 1. The van der Waals surface area contributed by atoms with Gasteiger partial charge in [-0.15, -0.1) is 0 Å². The van der Waals surface area contributed by atoms with Crippen molar-refractivity contribution < 1.29 is 9.23 Å². The zero-order chi connectivity index (χ0) is 23.5. The molecule has 7 heteroatoms. The van der Waals surface area contributed by atoms with E-state index in [9.17, 15) is 9.18 Å². The molecular formula is C27H25FN4O2. The Bertz CT molecular complexity index is 1400. The van der Waals surface area contributed by atoms with Gasteiger partial charge in [0.2, 0.25) is 0 Å². The van der Waals surface area contributed by atoms with E-state index >= 15 is 0 Å². The van der Waals surface area contributed by atoms with Gasteiger partial charge in [-0.05, 0) is 55.0 Å². The molecule has 0 fully saturated rings. The van der Waals surface area contributed by atoms with E-state index in [1.54, 1.807) is 29.0 Å². The first kappa shape index (κ1) is 21.9. The van der Waals surface area contributed by atoms with Crippen LogP contribution in [0.1, 0.15) is 55.8 Å². The van der Waals surface area contributed by atoms with E-state index in [1.807, 2.05) is 30.3 Å². The fourth-order valence-electron chi connectivity index (χ4n) is 4.24. The van der Waals surface area contributed by atoms with Gasteiger partial charge >= 0.3 is 0 Å². The van der Waals surface area contributed by atoms with Crippen molar-refractivity contribution in [2.75, 3.05) is 0 Å². The summed E-state index contributed by atoms with van der Waals surface area (Å²) in [7, 11) is 0. The van der Waals surface area contributed by atoms with E-state index in [-0.39, 0.29) is 17.5 Å². The van der Waals surface area contributed by atoms with Gasteiger partial charge in [0.25, 0.3) is 5.56 Å². The lowest BCUT2D eigenvalue weighted by Gasteiger charge is -2.14. The van der Waals surface area contributed by atoms with Crippen molar-refractivity contribution in [3.63, 3.8) is 0 Å². The van der Waals surface area contributed by atoms with Crippen molar-refractivity contribution in [3.05, 3.63) is 100 Å². The van der Waals surface area contributed by atoms with Gasteiger partial charge < -0.3 is 4.84 Å². The lowest BCUT2D eigenvalue weighted by molar-refractivity contribution is 0.0826.